The van der Waals surface area contributed by atoms with Gasteiger partial charge in [0.05, 0.1) is 22.2 Å². The van der Waals surface area contributed by atoms with Crippen LogP contribution in [-0.2, 0) is 19.1 Å². The van der Waals surface area contributed by atoms with Gasteiger partial charge in [-0.1, -0.05) is 46.9 Å². The monoisotopic (exact) mass is 520 g/mol. The van der Waals surface area contributed by atoms with E-state index in [1.807, 2.05) is 6.07 Å². The summed E-state index contributed by atoms with van der Waals surface area (Å²) in [7, 11) is 0. The van der Waals surface area contributed by atoms with Gasteiger partial charge in [-0.2, -0.15) is 0 Å². The number of hydrogen-bond donors (Lipinski definition) is 2. The second-order valence-corrected chi connectivity index (χ2v) is 8.19. The summed E-state index contributed by atoms with van der Waals surface area (Å²) < 4.78 is 10.6. The highest BCUT2D eigenvalue weighted by Crippen LogP contribution is 2.29. The Kier molecular flexibility index (Phi) is 9.16. The topological polar surface area (TPSA) is 93.7 Å². The van der Waals surface area contributed by atoms with Gasteiger partial charge < -0.3 is 20.1 Å². The van der Waals surface area contributed by atoms with Crippen LogP contribution in [0.15, 0.2) is 66.7 Å². The quantitative estimate of drug-likeness (QED) is 0.321. The van der Waals surface area contributed by atoms with Gasteiger partial charge in [-0.15, -0.1) is 0 Å². The lowest BCUT2D eigenvalue weighted by Gasteiger charge is -2.10. The molecule has 0 bridgehead atoms. The van der Waals surface area contributed by atoms with Crippen LogP contribution in [0.25, 0.3) is 0 Å². The first-order valence-corrected chi connectivity index (χ1v) is 11.2. The first-order valence-electron chi connectivity index (χ1n) is 10.0. The summed E-state index contributed by atoms with van der Waals surface area (Å²) in [6.07, 6.45) is -0.302. The van der Waals surface area contributed by atoms with Crippen LogP contribution in [0.3, 0.4) is 0 Å². The third-order valence-electron chi connectivity index (χ3n) is 4.33. The molecule has 0 unspecified atom stereocenters. The van der Waals surface area contributed by atoms with Crippen molar-refractivity contribution < 1.29 is 23.9 Å². The van der Waals surface area contributed by atoms with E-state index in [2.05, 4.69) is 10.6 Å². The predicted molar refractivity (Wildman–Crippen MR) is 132 cm³/mol. The molecule has 0 spiro atoms. The van der Waals surface area contributed by atoms with Gasteiger partial charge in [0, 0.05) is 17.1 Å². The molecule has 176 valence electrons. The summed E-state index contributed by atoms with van der Waals surface area (Å²) in [6.45, 7) is -0.518. The lowest BCUT2D eigenvalue weighted by Crippen LogP contribution is -2.22. The Balaban J connectivity index is 1.38. The van der Waals surface area contributed by atoms with Crippen LogP contribution in [0.5, 0.6) is 11.5 Å². The van der Waals surface area contributed by atoms with Gasteiger partial charge in [0.2, 0.25) is 5.91 Å². The average molecular weight is 522 g/mol. The number of ether oxygens (including phenoxy) is 2. The van der Waals surface area contributed by atoms with Crippen LogP contribution in [0.4, 0.5) is 11.4 Å². The molecule has 0 heterocycles. The third kappa shape index (κ3) is 7.95. The Labute approximate surface area is 210 Å². The Bertz CT molecular complexity index is 1190. The van der Waals surface area contributed by atoms with Crippen LogP contribution in [0, 0.1) is 0 Å². The molecule has 0 aliphatic heterocycles. The molecule has 3 aromatic rings. The first kappa shape index (κ1) is 25.4. The van der Waals surface area contributed by atoms with Crippen molar-refractivity contribution in [2.75, 3.05) is 17.2 Å². The molecular weight excluding hydrogens is 503 g/mol. The van der Waals surface area contributed by atoms with Crippen molar-refractivity contribution in [1.82, 2.24) is 0 Å². The highest BCUT2D eigenvalue weighted by atomic mass is 35.5. The predicted octanol–water partition coefficient (Wildman–Crippen LogP) is 6.34. The fraction of sp³-hybridized carbons (Fsp3) is 0.125. The zero-order valence-corrected chi connectivity index (χ0v) is 19.9. The van der Waals surface area contributed by atoms with Crippen LogP contribution < -0.4 is 15.4 Å². The molecule has 2 N–H and O–H groups in total. The summed E-state index contributed by atoms with van der Waals surface area (Å²) >= 11 is 17.9. The zero-order valence-electron chi connectivity index (χ0n) is 17.6. The van der Waals surface area contributed by atoms with E-state index < -0.39 is 18.5 Å². The normalized spacial score (nSPS) is 10.3. The van der Waals surface area contributed by atoms with E-state index >= 15 is 0 Å². The van der Waals surface area contributed by atoms with E-state index in [-0.39, 0.29) is 18.7 Å². The smallest absolute Gasteiger partial charge is 0.306 e. The van der Waals surface area contributed by atoms with Crippen LogP contribution in [0.2, 0.25) is 15.1 Å². The van der Waals surface area contributed by atoms with Crippen LogP contribution >= 0.6 is 34.8 Å². The van der Waals surface area contributed by atoms with Gasteiger partial charge in [0.25, 0.3) is 5.91 Å². The highest BCUT2D eigenvalue weighted by Gasteiger charge is 2.12. The summed E-state index contributed by atoms with van der Waals surface area (Å²) in [5.74, 6) is -0.588. The summed E-state index contributed by atoms with van der Waals surface area (Å²) in [5, 5.41) is 6.34. The lowest BCUT2D eigenvalue weighted by molar-refractivity contribution is -0.147. The molecule has 0 fully saturated rings. The van der Waals surface area contributed by atoms with E-state index in [1.54, 1.807) is 48.5 Å². The maximum atomic E-state index is 12.1. The van der Waals surface area contributed by atoms with Crippen molar-refractivity contribution >= 4 is 64.0 Å². The number of amides is 2. The van der Waals surface area contributed by atoms with E-state index in [0.717, 1.165) is 0 Å². The largest absolute Gasteiger partial charge is 0.456 e. The third-order valence-corrected chi connectivity index (χ3v) is 5.20. The Hall–Kier alpha value is -3.26. The second kappa shape index (κ2) is 12.3. The van der Waals surface area contributed by atoms with Gasteiger partial charge >= 0.3 is 5.97 Å². The first-order chi connectivity index (χ1) is 16.3. The molecule has 10 heteroatoms. The highest BCUT2D eigenvalue weighted by molar-refractivity contribution is 6.35. The molecule has 0 radical (unpaired) electrons. The van der Waals surface area contributed by atoms with Crippen molar-refractivity contribution in [2.45, 2.75) is 12.8 Å². The number of benzene rings is 3. The Morgan fingerprint density at radius 3 is 2.24 bits per heavy atom. The average Bonchev–Trinajstić information content (AvgIpc) is 2.81. The van der Waals surface area contributed by atoms with Gasteiger partial charge in [-0.25, -0.2) is 0 Å². The Morgan fingerprint density at radius 1 is 0.765 bits per heavy atom. The number of esters is 1. The molecule has 7 nitrogen and oxygen atoms in total. The fourth-order valence-electron chi connectivity index (χ4n) is 2.70. The molecule has 0 aliphatic rings. The standard InChI is InChI=1S/C24H19Cl3N2O5/c25-15-5-10-18(26)20(13-15)29-23(31)14-33-24(32)12-11-22(30)28-16-6-8-17(9-7-16)34-21-4-2-1-3-19(21)27/h1-10,13H,11-12,14H2,(H,28,30)(H,29,31). The van der Waals surface area contributed by atoms with Crippen molar-refractivity contribution in [1.29, 1.82) is 0 Å². The van der Waals surface area contributed by atoms with Gasteiger partial charge in [0.1, 0.15) is 11.5 Å². The molecule has 3 aromatic carbocycles. The van der Waals surface area contributed by atoms with E-state index in [1.165, 1.54) is 12.1 Å². The minimum absolute atomic E-state index is 0.113. The van der Waals surface area contributed by atoms with Crippen molar-refractivity contribution in [3.8, 4) is 11.5 Å². The van der Waals surface area contributed by atoms with Crippen molar-refractivity contribution in [2.24, 2.45) is 0 Å². The van der Waals surface area contributed by atoms with Crippen LogP contribution in [-0.4, -0.2) is 24.4 Å². The maximum Gasteiger partial charge on any atom is 0.306 e. The van der Waals surface area contributed by atoms with Crippen molar-refractivity contribution in [3.05, 3.63) is 81.8 Å². The van der Waals surface area contributed by atoms with Crippen LogP contribution in [0.1, 0.15) is 12.8 Å². The van der Waals surface area contributed by atoms with Gasteiger partial charge in [0.15, 0.2) is 6.61 Å². The summed E-state index contributed by atoms with van der Waals surface area (Å²) in [4.78, 5) is 35.9. The molecule has 0 aliphatic carbocycles. The number of nitrogens with one attached hydrogen (secondary N) is 2. The molecule has 0 atom stereocenters. The molecule has 0 saturated carbocycles. The number of para-hydroxylation sites is 1. The lowest BCUT2D eigenvalue weighted by atomic mass is 10.2. The van der Waals surface area contributed by atoms with Crippen molar-refractivity contribution in [3.63, 3.8) is 0 Å². The molecular formula is C24H19Cl3N2O5. The number of anilines is 2. The van der Waals surface area contributed by atoms with Gasteiger partial charge in [-0.3, -0.25) is 14.4 Å². The number of hydrogen-bond acceptors (Lipinski definition) is 5. The zero-order chi connectivity index (χ0) is 24.5. The minimum Gasteiger partial charge on any atom is -0.456 e. The molecule has 0 saturated heterocycles. The number of carbonyl (C=O) groups excluding carboxylic acids is 3. The Morgan fingerprint density at radius 2 is 1.50 bits per heavy atom. The van der Waals surface area contributed by atoms with E-state index in [4.69, 9.17) is 44.3 Å². The second-order valence-electron chi connectivity index (χ2n) is 6.94. The molecule has 0 aromatic heterocycles. The number of rotatable bonds is 9. The number of carbonyl (C=O) groups is 3. The van der Waals surface area contributed by atoms with E-state index in [9.17, 15) is 14.4 Å². The maximum absolute atomic E-state index is 12.1. The summed E-state index contributed by atoms with van der Waals surface area (Å²) in [5.41, 5.74) is 0.834. The molecule has 2 amide bonds. The van der Waals surface area contributed by atoms with Gasteiger partial charge in [-0.05, 0) is 54.6 Å². The fourth-order valence-corrected chi connectivity index (χ4v) is 3.21. The molecule has 3 rings (SSSR count). The minimum atomic E-state index is -0.689. The number of halogens is 3. The SMILES string of the molecule is O=C(CCC(=O)OCC(=O)Nc1cc(Cl)ccc1Cl)Nc1ccc(Oc2ccccc2Cl)cc1. The van der Waals surface area contributed by atoms with E-state index in [0.29, 0.717) is 37.9 Å². The molecule has 34 heavy (non-hydrogen) atoms. The summed E-state index contributed by atoms with van der Waals surface area (Å²) in [6, 6.07) is 18.3.